The lowest BCUT2D eigenvalue weighted by atomic mass is 10.1. The number of benzene rings is 1. The van der Waals surface area contributed by atoms with E-state index in [-0.39, 0.29) is 0 Å². The highest BCUT2D eigenvalue weighted by Gasteiger charge is 2.12. The molecule has 0 fully saturated rings. The van der Waals surface area contributed by atoms with Crippen molar-refractivity contribution in [1.29, 1.82) is 0 Å². The zero-order valence-corrected chi connectivity index (χ0v) is 10.4. The van der Waals surface area contributed by atoms with Gasteiger partial charge in [0.1, 0.15) is 11.5 Å². The number of hydrogen-bond donors (Lipinski definition) is 0. The first-order valence-corrected chi connectivity index (χ1v) is 5.93. The normalized spacial score (nSPS) is 10.0. The summed E-state index contributed by atoms with van der Waals surface area (Å²) >= 11 is 1.63. The summed E-state index contributed by atoms with van der Waals surface area (Å²) in [5, 5.41) is 2.00. The molecular weight excluding hydrogens is 236 g/mol. The molecule has 1 heterocycles. The standard InChI is InChI=1S/C13H12O3S/c1-15-11-6-9(13-4-3-5-17-13)7-12(16-2)10(11)8-14/h3-8H,1-2H3. The second kappa shape index (κ2) is 5.01. The van der Waals surface area contributed by atoms with Gasteiger partial charge in [0.2, 0.25) is 0 Å². The third-order valence-corrected chi connectivity index (χ3v) is 3.39. The van der Waals surface area contributed by atoms with E-state index in [2.05, 4.69) is 0 Å². The number of hydrogen-bond acceptors (Lipinski definition) is 4. The predicted octanol–water partition coefficient (Wildman–Crippen LogP) is 3.24. The second-order valence-corrected chi connectivity index (χ2v) is 4.34. The van der Waals surface area contributed by atoms with E-state index in [9.17, 15) is 4.79 Å². The smallest absolute Gasteiger partial charge is 0.157 e. The van der Waals surface area contributed by atoms with Crippen LogP contribution in [0.25, 0.3) is 10.4 Å². The molecule has 1 aromatic carbocycles. The monoisotopic (exact) mass is 248 g/mol. The Hall–Kier alpha value is -1.81. The van der Waals surface area contributed by atoms with E-state index in [1.165, 1.54) is 0 Å². The summed E-state index contributed by atoms with van der Waals surface area (Å²) in [4.78, 5) is 12.1. The van der Waals surface area contributed by atoms with E-state index >= 15 is 0 Å². The minimum atomic E-state index is 0.440. The average Bonchev–Trinajstić information content (AvgIpc) is 2.90. The molecule has 0 aliphatic rings. The third kappa shape index (κ3) is 2.17. The van der Waals surface area contributed by atoms with Crippen molar-refractivity contribution < 1.29 is 14.3 Å². The molecule has 0 aliphatic heterocycles. The minimum absolute atomic E-state index is 0.440. The van der Waals surface area contributed by atoms with Gasteiger partial charge in [0.05, 0.1) is 19.8 Å². The maximum absolute atomic E-state index is 11.0. The topological polar surface area (TPSA) is 35.5 Å². The van der Waals surface area contributed by atoms with Crippen LogP contribution in [0.3, 0.4) is 0 Å². The van der Waals surface area contributed by atoms with Crippen molar-refractivity contribution in [2.24, 2.45) is 0 Å². The van der Waals surface area contributed by atoms with Crippen molar-refractivity contribution in [3.05, 3.63) is 35.2 Å². The minimum Gasteiger partial charge on any atom is -0.496 e. The predicted molar refractivity (Wildman–Crippen MR) is 68.2 cm³/mol. The van der Waals surface area contributed by atoms with Crippen LogP contribution >= 0.6 is 11.3 Å². The molecule has 2 rings (SSSR count). The quantitative estimate of drug-likeness (QED) is 0.779. The molecule has 0 amide bonds. The highest BCUT2D eigenvalue weighted by Crippen LogP contribution is 2.35. The number of ether oxygens (including phenoxy) is 2. The van der Waals surface area contributed by atoms with Crippen molar-refractivity contribution in [2.75, 3.05) is 14.2 Å². The van der Waals surface area contributed by atoms with Crippen LogP contribution in [0, 0.1) is 0 Å². The molecular formula is C13H12O3S. The first-order valence-electron chi connectivity index (χ1n) is 5.05. The highest BCUT2D eigenvalue weighted by molar-refractivity contribution is 7.13. The van der Waals surface area contributed by atoms with Crippen LogP contribution in [0.1, 0.15) is 10.4 Å². The van der Waals surface area contributed by atoms with E-state index in [1.54, 1.807) is 25.6 Å². The van der Waals surface area contributed by atoms with E-state index < -0.39 is 0 Å². The van der Waals surface area contributed by atoms with Crippen molar-refractivity contribution in [3.63, 3.8) is 0 Å². The Bertz CT molecular complexity index is 492. The van der Waals surface area contributed by atoms with Crippen LogP contribution in [0.4, 0.5) is 0 Å². The van der Waals surface area contributed by atoms with Gasteiger partial charge in [-0.2, -0.15) is 0 Å². The molecule has 88 valence electrons. The molecule has 4 heteroatoms. The van der Waals surface area contributed by atoms with Crippen LogP contribution in [0.5, 0.6) is 11.5 Å². The molecule has 0 atom stereocenters. The summed E-state index contributed by atoms with van der Waals surface area (Å²) in [6, 6.07) is 7.68. The molecule has 0 saturated heterocycles. The van der Waals surface area contributed by atoms with Crippen molar-refractivity contribution in [1.82, 2.24) is 0 Å². The van der Waals surface area contributed by atoms with Crippen molar-refractivity contribution in [3.8, 4) is 21.9 Å². The Morgan fingerprint density at radius 3 is 2.24 bits per heavy atom. The lowest BCUT2D eigenvalue weighted by molar-refractivity contribution is 0.111. The molecule has 1 aromatic heterocycles. The summed E-state index contributed by atoms with van der Waals surface area (Å²) in [5.41, 5.74) is 1.43. The lowest BCUT2D eigenvalue weighted by Crippen LogP contribution is -1.96. The molecule has 0 saturated carbocycles. The molecule has 0 unspecified atom stereocenters. The molecule has 2 aromatic rings. The number of carbonyl (C=O) groups excluding carboxylic acids is 1. The number of carbonyl (C=O) groups is 1. The Morgan fingerprint density at radius 2 is 1.82 bits per heavy atom. The van der Waals surface area contributed by atoms with Gasteiger partial charge in [0.25, 0.3) is 0 Å². The van der Waals surface area contributed by atoms with Crippen molar-refractivity contribution in [2.45, 2.75) is 0 Å². The molecule has 0 aliphatic carbocycles. The zero-order valence-electron chi connectivity index (χ0n) is 9.60. The van der Waals surface area contributed by atoms with Crippen LogP contribution in [0.2, 0.25) is 0 Å². The van der Waals surface area contributed by atoms with Gasteiger partial charge in [-0.25, -0.2) is 0 Å². The fourth-order valence-corrected chi connectivity index (χ4v) is 2.35. The van der Waals surface area contributed by atoms with Crippen LogP contribution in [-0.4, -0.2) is 20.5 Å². The van der Waals surface area contributed by atoms with Gasteiger partial charge >= 0.3 is 0 Å². The lowest BCUT2D eigenvalue weighted by Gasteiger charge is -2.10. The van der Waals surface area contributed by atoms with Crippen LogP contribution < -0.4 is 9.47 Å². The van der Waals surface area contributed by atoms with Gasteiger partial charge in [0, 0.05) is 4.88 Å². The number of rotatable bonds is 4. The molecule has 17 heavy (non-hydrogen) atoms. The van der Waals surface area contributed by atoms with Crippen LogP contribution in [-0.2, 0) is 0 Å². The molecule has 0 spiro atoms. The maximum Gasteiger partial charge on any atom is 0.157 e. The Balaban J connectivity index is 2.60. The molecule has 3 nitrogen and oxygen atoms in total. The number of methoxy groups -OCH3 is 2. The fraction of sp³-hybridized carbons (Fsp3) is 0.154. The Labute approximate surface area is 104 Å². The van der Waals surface area contributed by atoms with Crippen molar-refractivity contribution >= 4 is 17.6 Å². The van der Waals surface area contributed by atoms with E-state index in [1.807, 2.05) is 29.6 Å². The molecule has 0 radical (unpaired) electrons. The van der Waals surface area contributed by atoms with Gasteiger partial charge in [-0.1, -0.05) is 6.07 Å². The fourth-order valence-electron chi connectivity index (χ4n) is 1.64. The largest absolute Gasteiger partial charge is 0.496 e. The van der Waals surface area contributed by atoms with Gasteiger partial charge < -0.3 is 9.47 Å². The number of aldehydes is 1. The Morgan fingerprint density at radius 1 is 1.18 bits per heavy atom. The zero-order chi connectivity index (χ0) is 12.3. The van der Waals surface area contributed by atoms with Gasteiger partial charge in [-0.05, 0) is 29.1 Å². The van der Waals surface area contributed by atoms with E-state index in [0.29, 0.717) is 17.1 Å². The SMILES string of the molecule is COc1cc(-c2cccs2)cc(OC)c1C=O. The first kappa shape index (κ1) is 11.7. The van der Waals surface area contributed by atoms with E-state index in [4.69, 9.17) is 9.47 Å². The molecule has 0 bridgehead atoms. The van der Waals surface area contributed by atoms with E-state index in [0.717, 1.165) is 16.7 Å². The summed E-state index contributed by atoms with van der Waals surface area (Å²) in [6.45, 7) is 0. The third-order valence-electron chi connectivity index (χ3n) is 2.47. The summed E-state index contributed by atoms with van der Waals surface area (Å²) < 4.78 is 10.4. The van der Waals surface area contributed by atoms with Gasteiger partial charge in [0.15, 0.2) is 6.29 Å². The average molecular weight is 248 g/mol. The second-order valence-electron chi connectivity index (χ2n) is 3.39. The molecule has 0 N–H and O–H groups in total. The van der Waals surface area contributed by atoms with Crippen LogP contribution in [0.15, 0.2) is 29.6 Å². The maximum atomic E-state index is 11.0. The highest BCUT2D eigenvalue weighted by atomic mass is 32.1. The first-order chi connectivity index (χ1) is 8.30. The van der Waals surface area contributed by atoms with Gasteiger partial charge in [-0.3, -0.25) is 4.79 Å². The summed E-state index contributed by atoms with van der Waals surface area (Å²) in [6.07, 6.45) is 0.746. The summed E-state index contributed by atoms with van der Waals surface area (Å²) in [7, 11) is 3.08. The summed E-state index contributed by atoms with van der Waals surface area (Å²) in [5.74, 6) is 1.06. The van der Waals surface area contributed by atoms with Gasteiger partial charge in [-0.15, -0.1) is 11.3 Å². The Kier molecular flexibility index (Phi) is 3.44. The number of thiophene rings is 1.